The minimum atomic E-state index is -0.367. The second-order valence-electron chi connectivity index (χ2n) is 3.29. The molecule has 0 spiro atoms. The highest BCUT2D eigenvalue weighted by molar-refractivity contribution is 5.95. The molecule has 17 heavy (non-hydrogen) atoms. The van der Waals surface area contributed by atoms with Crippen LogP contribution in [-0.2, 0) is 4.79 Å². The molecule has 1 aromatic heterocycles. The molecular formula is C11H16N4O2. The number of anilines is 1. The molecule has 1 heterocycles. The fraction of sp³-hybridized carbons (Fsp3) is 0.364. The quantitative estimate of drug-likeness (QED) is 0.671. The van der Waals surface area contributed by atoms with Gasteiger partial charge in [-0.3, -0.25) is 9.59 Å². The topological polar surface area (TPSA) is 83.1 Å². The average molecular weight is 236 g/mol. The van der Waals surface area contributed by atoms with E-state index >= 15 is 0 Å². The third-order valence-electron chi connectivity index (χ3n) is 2.02. The van der Waals surface area contributed by atoms with Crippen molar-refractivity contribution in [1.82, 2.24) is 15.6 Å². The molecule has 0 aromatic carbocycles. The summed E-state index contributed by atoms with van der Waals surface area (Å²) in [5, 5.41) is 7.92. The highest BCUT2D eigenvalue weighted by Gasteiger charge is 2.08. The molecule has 0 aliphatic heterocycles. The molecule has 0 radical (unpaired) electrons. The van der Waals surface area contributed by atoms with Crippen LogP contribution in [0.3, 0.4) is 0 Å². The standard InChI is InChI=1S/C11H16N4O2/c1-3-13-10(16)7-14-11(17)8-5-4-6-9(12-2)15-8/h4-6H,3,7H2,1-2H3,(H,12,15)(H,13,16)(H,14,17). The first-order valence-corrected chi connectivity index (χ1v) is 5.37. The van der Waals surface area contributed by atoms with Crippen LogP contribution in [0, 0.1) is 0 Å². The van der Waals surface area contributed by atoms with E-state index < -0.39 is 0 Å². The summed E-state index contributed by atoms with van der Waals surface area (Å²) < 4.78 is 0. The molecule has 0 atom stereocenters. The van der Waals surface area contributed by atoms with Gasteiger partial charge in [0.15, 0.2) is 0 Å². The van der Waals surface area contributed by atoms with Crippen molar-refractivity contribution in [3.63, 3.8) is 0 Å². The number of carbonyl (C=O) groups excluding carboxylic acids is 2. The number of pyridine rings is 1. The van der Waals surface area contributed by atoms with Gasteiger partial charge in [-0.1, -0.05) is 6.07 Å². The van der Waals surface area contributed by atoms with Crippen LogP contribution >= 0.6 is 0 Å². The number of amides is 2. The van der Waals surface area contributed by atoms with Crippen LogP contribution in [0.4, 0.5) is 5.82 Å². The number of nitrogens with zero attached hydrogens (tertiary/aromatic N) is 1. The monoisotopic (exact) mass is 236 g/mol. The summed E-state index contributed by atoms with van der Waals surface area (Å²) in [4.78, 5) is 26.8. The summed E-state index contributed by atoms with van der Waals surface area (Å²) in [6, 6.07) is 5.06. The Morgan fingerprint density at radius 2 is 2.06 bits per heavy atom. The summed E-state index contributed by atoms with van der Waals surface area (Å²) in [7, 11) is 1.72. The van der Waals surface area contributed by atoms with Crippen LogP contribution in [0.25, 0.3) is 0 Å². The van der Waals surface area contributed by atoms with Crippen molar-refractivity contribution >= 4 is 17.6 Å². The van der Waals surface area contributed by atoms with Crippen LogP contribution in [0.1, 0.15) is 17.4 Å². The van der Waals surface area contributed by atoms with E-state index in [0.717, 1.165) is 0 Å². The van der Waals surface area contributed by atoms with E-state index in [1.165, 1.54) is 0 Å². The molecule has 0 saturated carbocycles. The lowest BCUT2D eigenvalue weighted by molar-refractivity contribution is -0.120. The van der Waals surface area contributed by atoms with Crippen molar-refractivity contribution in [3.8, 4) is 0 Å². The van der Waals surface area contributed by atoms with Gasteiger partial charge in [0.2, 0.25) is 5.91 Å². The number of likely N-dealkylation sites (N-methyl/N-ethyl adjacent to an activating group) is 1. The second kappa shape index (κ2) is 6.47. The minimum Gasteiger partial charge on any atom is -0.373 e. The van der Waals surface area contributed by atoms with Gasteiger partial charge in [0, 0.05) is 13.6 Å². The van der Waals surface area contributed by atoms with Crippen LogP contribution < -0.4 is 16.0 Å². The normalized spacial score (nSPS) is 9.53. The Hall–Kier alpha value is -2.11. The Bertz CT molecular complexity index is 406. The molecule has 0 saturated heterocycles. The highest BCUT2D eigenvalue weighted by atomic mass is 16.2. The smallest absolute Gasteiger partial charge is 0.270 e. The first kappa shape index (κ1) is 13.0. The molecule has 6 heteroatoms. The molecular weight excluding hydrogens is 220 g/mol. The fourth-order valence-corrected chi connectivity index (χ4v) is 1.21. The van der Waals surface area contributed by atoms with Gasteiger partial charge in [-0.25, -0.2) is 4.98 Å². The Labute approximate surface area is 99.8 Å². The largest absolute Gasteiger partial charge is 0.373 e. The summed E-state index contributed by atoms with van der Waals surface area (Å²) in [5.41, 5.74) is 0.279. The number of hydrogen-bond donors (Lipinski definition) is 3. The fourth-order valence-electron chi connectivity index (χ4n) is 1.21. The van der Waals surface area contributed by atoms with Crippen molar-refractivity contribution in [2.24, 2.45) is 0 Å². The van der Waals surface area contributed by atoms with Gasteiger partial charge in [-0.15, -0.1) is 0 Å². The lowest BCUT2D eigenvalue weighted by Gasteiger charge is -2.06. The zero-order valence-corrected chi connectivity index (χ0v) is 9.91. The van der Waals surface area contributed by atoms with Crippen LogP contribution in [0.15, 0.2) is 18.2 Å². The molecule has 0 bridgehead atoms. The van der Waals surface area contributed by atoms with E-state index in [9.17, 15) is 9.59 Å². The lowest BCUT2D eigenvalue weighted by Crippen LogP contribution is -2.37. The molecule has 0 unspecified atom stereocenters. The van der Waals surface area contributed by atoms with E-state index in [1.807, 2.05) is 6.92 Å². The van der Waals surface area contributed by atoms with E-state index in [0.29, 0.717) is 12.4 Å². The number of carbonyl (C=O) groups is 2. The molecule has 3 N–H and O–H groups in total. The third-order valence-corrected chi connectivity index (χ3v) is 2.02. The first-order valence-electron chi connectivity index (χ1n) is 5.37. The Balaban J connectivity index is 2.54. The van der Waals surface area contributed by atoms with E-state index in [-0.39, 0.29) is 24.1 Å². The van der Waals surface area contributed by atoms with Gasteiger partial charge in [-0.2, -0.15) is 0 Å². The van der Waals surface area contributed by atoms with Crippen molar-refractivity contribution in [2.45, 2.75) is 6.92 Å². The van der Waals surface area contributed by atoms with Crippen LogP contribution in [0.2, 0.25) is 0 Å². The van der Waals surface area contributed by atoms with Crippen LogP contribution in [-0.4, -0.2) is 36.9 Å². The maximum Gasteiger partial charge on any atom is 0.270 e. The second-order valence-corrected chi connectivity index (χ2v) is 3.29. The maximum atomic E-state index is 11.6. The number of nitrogens with one attached hydrogen (secondary N) is 3. The van der Waals surface area contributed by atoms with E-state index in [4.69, 9.17) is 0 Å². The number of rotatable bonds is 5. The zero-order chi connectivity index (χ0) is 12.7. The molecule has 2 amide bonds. The molecule has 0 fully saturated rings. The van der Waals surface area contributed by atoms with Gasteiger partial charge in [0.1, 0.15) is 11.5 Å². The number of hydrogen-bond acceptors (Lipinski definition) is 4. The Kier molecular flexibility index (Phi) is 4.93. The van der Waals surface area contributed by atoms with E-state index in [1.54, 1.807) is 25.2 Å². The summed E-state index contributed by atoms with van der Waals surface area (Å²) >= 11 is 0. The predicted molar refractivity (Wildman–Crippen MR) is 64.8 cm³/mol. The molecule has 92 valence electrons. The lowest BCUT2D eigenvalue weighted by atomic mass is 10.3. The summed E-state index contributed by atoms with van der Waals surface area (Å²) in [5.74, 6) is 0.0228. The minimum absolute atomic E-state index is 0.0435. The summed E-state index contributed by atoms with van der Waals surface area (Å²) in [6.07, 6.45) is 0. The van der Waals surface area contributed by atoms with Gasteiger partial charge < -0.3 is 16.0 Å². The Morgan fingerprint density at radius 3 is 2.71 bits per heavy atom. The van der Waals surface area contributed by atoms with Gasteiger partial charge in [0.05, 0.1) is 6.54 Å². The van der Waals surface area contributed by atoms with Crippen molar-refractivity contribution in [1.29, 1.82) is 0 Å². The van der Waals surface area contributed by atoms with Gasteiger partial charge >= 0.3 is 0 Å². The van der Waals surface area contributed by atoms with Gasteiger partial charge in [0.25, 0.3) is 5.91 Å². The van der Waals surface area contributed by atoms with Crippen molar-refractivity contribution < 1.29 is 9.59 Å². The first-order chi connectivity index (χ1) is 8.17. The van der Waals surface area contributed by atoms with Crippen LogP contribution in [0.5, 0.6) is 0 Å². The molecule has 0 aliphatic carbocycles. The zero-order valence-electron chi connectivity index (χ0n) is 9.91. The predicted octanol–water partition coefficient (Wildman–Crippen LogP) is -0.0108. The molecule has 1 aromatic rings. The molecule has 6 nitrogen and oxygen atoms in total. The Morgan fingerprint density at radius 1 is 1.29 bits per heavy atom. The van der Waals surface area contributed by atoms with Crippen molar-refractivity contribution in [2.75, 3.05) is 25.5 Å². The van der Waals surface area contributed by atoms with Crippen molar-refractivity contribution in [3.05, 3.63) is 23.9 Å². The van der Waals surface area contributed by atoms with E-state index in [2.05, 4.69) is 20.9 Å². The molecule has 1 rings (SSSR count). The SMILES string of the molecule is CCNC(=O)CNC(=O)c1cccc(NC)n1. The molecule has 0 aliphatic rings. The third kappa shape index (κ3) is 4.10. The number of aromatic nitrogens is 1. The summed E-state index contributed by atoms with van der Waals surface area (Å²) in [6.45, 7) is 2.32. The van der Waals surface area contributed by atoms with Gasteiger partial charge in [-0.05, 0) is 19.1 Å². The highest BCUT2D eigenvalue weighted by Crippen LogP contribution is 2.03. The maximum absolute atomic E-state index is 11.6. The average Bonchev–Trinajstić information content (AvgIpc) is 2.36.